The second kappa shape index (κ2) is 5.79. The van der Waals surface area contributed by atoms with E-state index in [1.54, 1.807) is 11.3 Å². The summed E-state index contributed by atoms with van der Waals surface area (Å²) in [6, 6.07) is 7.13. The summed E-state index contributed by atoms with van der Waals surface area (Å²) in [5.74, 6) is 0. The molecule has 0 saturated carbocycles. The van der Waals surface area contributed by atoms with Crippen LogP contribution in [-0.2, 0) is 6.42 Å². The maximum absolute atomic E-state index is 8.52. The summed E-state index contributed by atoms with van der Waals surface area (Å²) in [7, 11) is 0. The van der Waals surface area contributed by atoms with Crippen molar-refractivity contribution in [1.82, 2.24) is 5.32 Å². The van der Waals surface area contributed by atoms with Crippen LogP contribution in [0, 0.1) is 11.3 Å². The van der Waals surface area contributed by atoms with Gasteiger partial charge in [-0.15, -0.1) is 11.3 Å². The topological polar surface area (TPSA) is 35.8 Å². The molecular formula is C11H16N2S. The van der Waals surface area contributed by atoms with Crippen LogP contribution in [0.2, 0.25) is 0 Å². The van der Waals surface area contributed by atoms with Gasteiger partial charge in [-0.05, 0) is 31.7 Å². The third-order valence-electron chi connectivity index (χ3n) is 2.05. The van der Waals surface area contributed by atoms with Crippen LogP contribution in [0.5, 0.6) is 0 Å². The van der Waals surface area contributed by atoms with Gasteiger partial charge in [0.05, 0.1) is 12.5 Å². The fourth-order valence-electron chi connectivity index (χ4n) is 1.47. The van der Waals surface area contributed by atoms with Gasteiger partial charge in [0.25, 0.3) is 0 Å². The molecule has 0 aliphatic carbocycles. The molecule has 2 unspecified atom stereocenters. The Morgan fingerprint density at radius 2 is 2.29 bits per heavy atom. The number of nitrogens with one attached hydrogen (secondary N) is 1. The predicted molar refractivity (Wildman–Crippen MR) is 60.3 cm³/mol. The van der Waals surface area contributed by atoms with E-state index in [0.29, 0.717) is 12.5 Å². The minimum atomic E-state index is 0.287. The van der Waals surface area contributed by atoms with Gasteiger partial charge in [0.15, 0.2) is 0 Å². The Morgan fingerprint density at radius 1 is 1.50 bits per heavy atom. The third-order valence-corrected chi connectivity index (χ3v) is 2.95. The van der Waals surface area contributed by atoms with Gasteiger partial charge in [0.2, 0.25) is 0 Å². The highest BCUT2D eigenvalue weighted by atomic mass is 32.1. The highest BCUT2D eigenvalue weighted by Crippen LogP contribution is 2.11. The molecule has 0 bridgehead atoms. The van der Waals surface area contributed by atoms with Crippen molar-refractivity contribution in [2.75, 3.05) is 0 Å². The highest BCUT2D eigenvalue weighted by Gasteiger charge is 2.07. The lowest BCUT2D eigenvalue weighted by molar-refractivity contribution is 0.471. The first-order valence-electron chi connectivity index (χ1n) is 4.87. The van der Waals surface area contributed by atoms with Crippen LogP contribution < -0.4 is 5.32 Å². The van der Waals surface area contributed by atoms with E-state index in [0.717, 1.165) is 6.42 Å². The van der Waals surface area contributed by atoms with Gasteiger partial charge in [-0.3, -0.25) is 0 Å². The number of nitrogens with zero attached hydrogens (tertiary/aromatic N) is 1. The van der Waals surface area contributed by atoms with E-state index in [-0.39, 0.29) is 6.04 Å². The Hall–Kier alpha value is -0.850. The molecule has 0 aliphatic rings. The Morgan fingerprint density at radius 3 is 2.86 bits per heavy atom. The molecule has 0 aromatic carbocycles. The molecule has 1 aromatic rings. The van der Waals surface area contributed by atoms with Crippen LogP contribution in [0.25, 0.3) is 0 Å². The molecule has 0 spiro atoms. The summed E-state index contributed by atoms with van der Waals surface area (Å²) >= 11 is 1.79. The van der Waals surface area contributed by atoms with Gasteiger partial charge < -0.3 is 5.32 Å². The molecule has 1 heterocycles. The summed E-state index contributed by atoms with van der Waals surface area (Å²) in [6.07, 6.45) is 1.63. The van der Waals surface area contributed by atoms with Crippen molar-refractivity contribution >= 4 is 11.3 Å². The van der Waals surface area contributed by atoms with E-state index in [2.05, 4.69) is 35.8 Å². The van der Waals surface area contributed by atoms with E-state index in [4.69, 9.17) is 5.26 Å². The monoisotopic (exact) mass is 208 g/mol. The maximum atomic E-state index is 8.52. The fraction of sp³-hybridized carbons (Fsp3) is 0.545. The molecule has 0 radical (unpaired) electrons. The minimum Gasteiger partial charge on any atom is -0.310 e. The molecule has 14 heavy (non-hydrogen) atoms. The molecule has 1 N–H and O–H groups in total. The second-order valence-electron chi connectivity index (χ2n) is 3.61. The van der Waals surface area contributed by atoms with E-state index in [9.17, 15) is 0 Å². The Balaban J connectivity index is 2.29. The summed E-state index contributed by atoms with van der Waals surface area (Å²) in [6.45, 7) is 4.21. The molecule has 2 nitrogen and oxygen atoms in total. The van der Waals surface area contributed by atoms with Crippen molar-refractivity contribution in [2.45, 2.75) is 38.8 Å². The van der Waals surface area contributed by atoms with Crippen molar-refractivity contribution in [3.63, 3.8) is 0 Å². The molecular weight excluding hydrogens is 192 g/mol. The molecule has 1 rings (SSSR count). The predicted octanol–water partition coefficient (Wildman–Crippen LogP) is 2.57. The summed E-state index contributed by atoms with van der Waals surface area (Å²) < 4.78 is 0. The van der Waals surface area contributed by atoms with Gasteiger partial charge in [-0.1, -0.05) is 6.07 Å². The van der Waals surface area contributed by atoms with Crippen molar-refractivity contribution in [3.8, 4) is 6.07 Å². The summed E-state index contributed by atoms with van der Waals surface area (Å²) in [4.78, 5) is 1.40. The molecule has 3 heteroatoms. The molecule has 0 fully saturated rings. The quantitative estimate of drug-likeness (QED) is 0.807. The third kappa shape index (κ3) is 3.91. The highest BCUT2D eigenvalue weighted by molar-refractivity contribution is 7.09. The lowest BCUT2D eigenvalue weighted by atomic mass is 10.1. The molecule has 76 valence electrons. The average molecular weight is 208 g/mol. The van der Waals surface area contributed by atoms with Crippen LogP contribution >= 0.6 is 11.3 Å². The molecule has 1 aromatic heterocycles. The largest absolute Gasteiger partial charge is 0.310 e. The molecule has 0 aliphatic heterocycles. The smallest absolute Gasteiger partial charge is 0.0638 e. The molecule has 2 atom stereocenters. The SMILES string of the molecule is CC(CC#N)NC(C)Cc1cccs1. The number of thiophene rings is 1. The van der Waals surface area contributed by atoms with Crippen molar-refractivity contribution in [3.05, 3.63) is 22.4 Å². The van der Waals surface area contributed by atoms with Gasteiger partial charge in [0, 0.05) is 17.0 Å². The lowest BCUT2D eigenvalue weighted by Gasteiger charge is -2.17. The summed E-state index contributed by atoms with van der Waals surface area (Å²) in [5.41, 5.74) is 0. The Kier molecular flexibility index (Phi) is 4.64. The normalized spacial score (nSPS) is 14.6. The number of rotatable bonds is 5. The first-order valence-corrected chi connectivity index (χ1v) is 5.75. The van der Waals surface area contributed by atoms with Gasteiger partial charge in [-0.2, -0.15) is 5.26 Å². The summed E-state index contributed by atoms with van der Waals surface area (Å²) in [5, 5.41) is 14.0. The van der Waals surface area contributed by atoms with Crippen molar-refractivity contribution < 1.29 is 0 Å². The fourth-order valence-corrected chi connectivity index (χ4v) is 2.31. The number of nitriles is 1. The van der Waals surface area contributed by atoms with Gasteiger partial charge in [-0.25, -0.2) is 0 Å². The molecule has 0 saturated heterocycles. The zero-order valence-corrected chi connectivity index (χ0v) is 9.47. The minimum absolute atomic E-state index is 0.287. The zero-order valence-electron chi connectivity index (χ0n) is 8.66. The number of hydrogen-bond donors (Lipinski definition) is 1. The van der Waals surface area contributed by atoms with Crippen LogP contribution in [0.15, 0.2) is 17.5 Å². The van der Waals surface area contributed by atoms with Crippen LogP contribution in [-0.4, -0.2) is 12.1 Å². The van der Waals surface area contributed by atoms with Crippen LogP contribution in [0.4, 0.5) is 0 Å². The van der Waals surface area contributed by atoms with Crippen molar-refractivity contribution in [2.24, 2.45) is 0 Å². The second-order valence-corrected chi connectivity index (χ2v) is 4.65. The van der Waals surface area contributed by atoms with E-state index >= 15 is 0 Å². The maximum Gasteiger partial charge on any atom is 0.0638 e. The first-order chi connectivity index (χ1) is 6.72. The Labute approximate surface area is 89.6 Å². The standard InChI is InChI=1S/C11H16N2S/c1-9(5-6-12)13-10(2)8-11-4-3-7-14-11/h3-4,7,9-10,13H,5,8H2,1-2H3. The average Bonchev–Trinajstić information content (AvgIpc) is 2.56. The Bertz CT molecular complexity index is 287. The van der Waals surface area contributed by atoms with Crippen LogP contribution in [0.1, 0.15) is 25.1 Å². The van der Waals surface area contributed by atoms with Crippen LogP contribution in [0.3, 0.4) is 0 Å². The first kappa shape index (κ1) is 11.2. The number of hydrogen-bond acceptors (Lipinski definition) is 3. The van der Waals surface area contributed by atoms with E-state index in [1.807, 2.05) is 6.92 Å². The van der Waals surface area contributed by atoms with Gasteiger partial charge >= 0.3 is 0 Å². The van der Waals surface area contributed by atoms with Gasteiger partial charge in [0.1, 0.15) is 0 Å². The van der Waals surface area contributed by atoms with E-state index < -0.39 is 0 Å². The van der Waals surface area contributed by atoms with Crippen molar-refractivity contribution in [1.29, 1.82) is 5.26 Å². The lowest BCUT2D eigenvalue weighted by Crippen LogP contribution is -2.35. The molecule has 0 amide bonds. The zero-order chi connectivity index (χ0) is 10.4. The van der Waals surface area contributed by atoms with E-state index in [1.165, 1.54) is 4.88 Å².